The van der Waals surface area contributed by atoms with Gasteiger partial charge in [0.15, 0.2) is 0 Å². The van der Waals surface area contributed by atoms with Crippen LogP contribution in [-0.4, -0.2) is 5.91 Å². The number of aryl methyl sites for hydroxylation is 1. The molecule has 3 nitrogen and oxygen atoms in total. The Bertz CT molecular complexity index is 288. The standard InChI is InChI=1S/C9H12N2O.C2H6/c1-6-3-8(10)5-9(4-6)11-7(2)12;1-2/h3-5H,10H2,1-2H3,(H,11,12);1-2H3. The number of amides is 1. The highest BCUT2D eigenvalue weighted by molar-refractivity contribution is 5.89. The van der Waals surface area contributed by atoms with Gasteiger partial charge in [-0.1, -0.05) is 13.8 Å². The third-order valence-electron chi connectivity index (χ3n) is 1.42. The second kappa shape index (κ2) is 6.02. The molecule has 0 aliphatic carbocycles. The average Bonchev–Trinajstić information content (AvgIpc) is 2.04. The van der Waals surface area contributed by atoms with E-state index >= 15 is 0 Å². The van der Waals surface area contributed by atoms with Gasteiger partial charge in [-0.25, -0.2) is 0 Å². The van der Waals surface area contributed by atoms with Crippen LogP contribution in [0.5, 0.6) is 0 Å². The molecular formula is C11H18N2O. The molecule has 0 atom stereocenters. The van der Waals surface area contributed by atoms with Crippen molar-refractivity contribution >= 4 is 17.3 Å². The molecule has 0 aromatic heterocycles. The summed E-state index contributed by atoms with van der Waals surface area (Å²) in [6.45, 7) is 7.40. The van der Waals surface area contributed by atoms with E-state index in [1.807, 2.05) is 32.9 Å². The molecule has 78 valence electrons. The minimum Gasteiger partial charge on any atom is -0.399 e. The fourth-order valence-electron chi connectivity index (χ4n) is 1.09. The van der Waals surface area contributed by atoms with Crippen LogP contribution in [0.3, 0.4) is 0 Å². The van der Waals surface area contributed by atoms with Crippen LogP contribution in [0.1, 0.15) is 26.3 Å². The van der Waals surface area contributed by atoms with E-state index in [2.05, 4.69) is 5.32 Å². The fraction of sp³-hybridized carbons (Fsp3) is 0.364. The van der Waals surface area contributed by atoms with Gasteiger partial charge in [0, 0.05) is 18.3 Å². The second-order valence-corrected chi connectivity index (χ2v) is 2.81. The SMILES string of the molecule is CC.CC(=O)Nc1cc(C)cc(N)c1. The molecule has 0 radical (unpaired) electrons. The summed E-state index contributed by atoms with van der Waals surface area (Å²) in [5.41, 5.74) is 8.04. The minimum absolute atomic E-state index is 0.0833. The van der Waals surface area contributed by atoms with E-state index in [0.29, 0.717) is 5.69 Å². The summed E-state index contributed by atoms with van der Waals surface area (Å²) in [5, 5.41) is 2.67. The van der Waals surface area contributed by atoms with Crippen molar-refractivity contribution in [2.45, 2.75) is 27.7 Å². The molecule has 3 N–H and O–H groups in total. The smallest absolute Gasteiger partial charge is 0.221 e. The van der Waals surface area contributed by atoms with Crippen LogP contribution < -0.4 is 11.1 Å². The van der Waals surface area contributed by atoms with E-state index in [1.165, 1.54) is 6.92 Å². The van der Waals surface area contributed by atoms with Gasteiger partial charge in [0.05, 0.1) is 0 Å². The maximum absolute atomic E-state index is 10.7. The quantitative estimate of drug-likeness (QED) is 0.675. The molecule has 0 spiro atoms. The molecule has 0 aliphatic rings. The summed E-state index contributed by atoms with van der Waals surface area (Å²) in [7, 11) is 0. The number of carbonyl (C=O) groups excluding carboxylic acids is 1. The maximum Gasteiger partial charge on any atom is 0.221 e. The van der Waals surface area contributed by atoms with Crippen LogP contribution in [0.4, 0.5) is 11.4 Å². The molecule has 0 bridgehead atoms. The number of rotatable bonds is 1. The first-order valence-electron chi connectivity index (χ1n) is 4.72. The predicted molar refractivity (Wildman–Crippen MR) is 61.2 cm³/mol. The van der Waals surface area contributed by atoms with Crippen molar-refractivity contribution in [1.29, 1.82) is 0 Å². The zero-order valence-corrected chi connectivity index (χ0v) is 9.22. The van der Waals surface area contributed by atoms with E-state index in [9.17, 15) is 4.79 Å². The van der Waals surface area contributed by atoms with Crippen molar-refractivity contribution in [3.05, 3.63) is 23.8 Å². The van der Waals surface area contributed by atoms with E-state index in [4.69, 9.17) is 5.73 Å². The largest absolute Gasteiger partial charge is 0.399 e. The predicted octanol–water partition coefficient (Wildman–Crippen LogP) is 2.56. The first-order chi connectivity index (χ1) is 6.58. The lowest BCUT2D eigenvalue weighted by Crippen LogP contribution is -2.06. The van der Waals surface area contributed by atoms with E-state index in [0.717, 1.165) is 11.3 Å². The molecule has 0 saturated carbocycles. The number of carbonyl (C=O) groups is 1. The number of nitrogens with two attached hydrogens (primary N) is 1. The van der Waals surface area contributed by atoms with Crippen LogP contribution in [0.25, 0.3) is 0 Å². The van der Waals surface area contributed by atoms with Crippen LogP contribution in [0, 0.1) is 6.92 Å². The highest BCUT2D eigenvalue weighted by atomic mass is 16.1. The third kappa shape index (κ3) is 4.50. The molecule has 0 saturated heterocycles. The molecule has 1 aromatic carbocycles. The number of nitrogens with one attached hydrogen (secondary N) is 1. The molecule has 1 amide bonds. The van der Waals surface area contributed by atoms with E-state index < -0.39 is 0 Å². The monoisotopic (exact) mass is 194 g/mol. The minimum atomic E-state index is -0.0833. The van der Waals surface area contributed by atoms with E-state index in [1.54, 1.807) is 6.07 Å². The van der Waals surface area contributed by atoms with Crippen molar-refractivity contribution in [3.63, 3.8) is 0 Å². The van der Waals surface area contributed by atoms with Crippen molar-refractivity contribution in [1.82, 2.24) is 0 Å². The Morgan fingerprint density at radius 3 is 2.29 bits per heavy atom. The third-order valence-corrected chi connectivity index (χ3v) is 1.42. The molecule has 0 unspecified atom stereocenters. The molecular weight excluding hydrogens is 176 g/mol. The normalized spacial score (nSPS) is 8.57. The Morgan fingerprint density at radius 1 is 1.29 bits per heavy atom. The number of hydrogen-bond acceptors (Lipinski definition) is 2. The lowest BCUT2D eigenvalue weighted by atomic mass is 10.2. The molecule has 14 heavy (non-hydrogen) atoms. The van der Waals surface area contributed by atoms with Crippen LogP contribution >= 0.6 is 0 Å². The van der Waals surface area contributed by atoms with Gasteiger partial charge in [-0.3, -0.25) is 4.79 Å². The molecule has 1 aromatic rings. The van der Waals surface area contributed by atoms with Gasteiger partial charge in [-0.15, -0.1) is 0 Å². The highest BCUT2D eigenvalue weighted by Gasteiger charge is 1.96. The first-order valence-corrected chi connectivity index (χ1v) is 4.72. The summed E-state index contributed by atoms with van der Waals surface area (Å²) in [6.07, 6.45) is 0. The summed E-state index contributed by atoms with van der Waals surface area (Å²) >= 11 is 0. The molecule has 3 heteroatoms. The zero-order valence-electron chi connectivity index (χ0n) is 9.22. The lowest BCUT2D eigenvalue weighted by molar-refractivity contribution is -0.114. The Balaban J connectivity index is 0.000000791. The van der Waals surface area contributed by atoms with Crippen LogP contribution in [-0.2, 0) is 4.79 Å². The number of benzene rings is 1. The summed E-state index contributed by atoms with van der Waals surface area (Å²) in [4.78, 5) is 10.7. The van der Waals surface area contributed by atoms with Crippen molar-refractivity contribution in [2.24, 2.45) is 0 Å². The van der Waals surface area contributed by atoms with Gasteiger partial charge in [0.25, 0.3) is 0 Å². The fourth-order valence-corrected chi connectivity index (χ4v) is 1.09. The average molecular weight is 194 g/mol. The zero-order chi connectivity index (χ0) is 11.1. The molecule has 1 rings (SSSR count). The molecule has 0 fully saturated rings. The maximum atomic E-state index is 10.7. The van der Waals surface area contributed by atoms with Gasteiger partial charge in [-0.05, 0) is 30.7 Å². The number of anilines is 2. The van der Waals surface area contributed by atoms with Gasteiger partial charge in [0.1, 0.15) is 0 Å². The second-order valence-electron chi connectivity index (χ2n) is 2.81. The highest BCUT2D eigenvalue weighted by Crippen LogP contribution is 2.15. The number of hydrogen-bond donors (Lipinski definition) is 2. The van der Waals surface area contributed by atoms with E-state index in [-0.39, 0.29) is 5.91 Å². The summed E-state index contributed by atoms with van der Waals surface area (Å²) < 4.78 is 0. The van der Waals surface area contributed by atoms with Gasteiger partial charge >= 0.3 is 0 Å². The van der Waals surface area contributed by atoms with Gasteiger partial charge < -0.3 is 11.1 Å². The Kier molecular flexibility index (Phi) is 5.37. The molecule has 0 heterocycles. The van der Waals surface area contributed by atoms with Crippen LogP contribution in [0.15, 0.2) is 18.2 Å². The number of nitrogen functional groups attached to an aromatic ring is 1. The van der Waals surface area contributed by atoms with Crippen molar-refractivity contribution in [2.75, 3.05) is 11.1 Å². The summed E-state index contributed by atoms with van der Waals surface area (Å²) in [6, 6.07) is 5.46. The molecule has 0 aliphatic heterocycles. The first kappa shape index (κ1) is 12.5. The Hall–Kier alpha value is -1.51. The van der Waals surface area contributed by atoms with Gasteiger partial charge in [-0.2, -0.15) is 0 Å². The van der Waals surface area contributed by atoms with Crippen molar-refractivity contribution in [3.8, 4) is 0 Å². The Labute approximate surface area is 85.3 Å². The van der Waals surface area contributed by atoms with Crippen molar-refractivity contribution < 1.29 is 4.79 Å². The van der Waals surface area contributed by atoms with Gasteiger partial charge in [0.2, 0.25) is 5.91 Å². The topological polar surface area (TPSA) is 55.1 Å². The lowest BCUT2D eigenvalue weighted by Gasteiger charge is -2.04. The summed E-state index contributed by atoms with van der Waals surface area (Å²) in [5.74, 6) is -0.0833. The van der Waals surface area contributed by atoms with Crippen LogP contribution in [0.2, 0.25) is 0 Å². The Morgan fingerprint density at radius 2 is 1.86 bits per heavy atom.